The normalized spacial score (nSPS) is 11.4. The minimum atomic E-state index is -3.70. The second kappa shape index (κ2) is 6.15. The number of nitrogens with zero attached hydrogens (tertiary/aromatic N) is 2. The first-order valence-corrected chi connectivity index (χ1v) is 7.81. The van der Waals surface area contributed by atoms with Crippen molar-refractivity contribution in [1.82, 2.24) is 9.97 Å². The molecule has 8 heteroatoms. The molecule has 1 aromatic carbocycles. The molecule has 0 bridgehead atoms. The van der Waals surface area contributed by atoms with Crippen molar-refractivity contribution in [3.05, 3.63) is 47.7 Å². The topological polar surface area (TPSA) is 98.0 Å². The molecule has 1 aromatic heterocycles. The lowest BCUT2D eigenvalue weighted by molar-refractivity contribution is 0.596. The Morgan fingerprint density at radius 2 is 1.90 bits per heavy atom. The summed E-state index contributed by atoms with van der Waals surface area (Å²) < 4.78 is 36.2. The number of hydrogen-bond acceptors (Lipinski definition) is 5. The quantitative estimate of drug-likeness (QED) is 0.870. The highest BCUT2D eigenvalue weighted by atomic mass is 32.2. The Hall–Kier alpha value is -2.06. The summed E-state index contributed by atoms with van der Waals surface area (Å²) in [7, 11) is -3.70. The van der Waals surface area contributed by atoms with E-state index in [9.17, 15) is 12.8 Å². The molecule has 0 unspecified atom stereocenters. The molecule has 112 valence electrons. The molecule has 2 rings (SSSR count). The predicted molar refractivity (Wildman–Crippen MR) is 76.5 cm³/mol. The number of anilines is 1. The van der Waals surface area contributed by atoms with Gasteiger partial charge in [0, 0.05) is 6.54 Å². The van der Waals surface area contributed by atoms with Crippen molar-refractivity contribution >= 4 is 15.8 Å². The van der Waals surface area contributed by atoms with Gasteiger partial charge in [-0.05, 0) is 24.1 Å². The fourth-order valence-corrected chi connectivity index (χ4v) is 2.27. The summed E-state index contributed by atoms with van der Waals surface area (Å²) in [6.07, 6.45) is 1.78. The molecule has 2 aromatic rings. The Kier molecular flexibility index (Phi) is 4.49. The first-order valence-electron chi connectivity index (χ1n) is 6.26. The van der Waals surface area contributed by atoms with Crippen LogP contribution in [0, 0.1) is 5.82 Å². The van der Waals surface area contributed by atoms with Crippen LogP contribution in [0.2, 0.25) is 0 Å². The number of rotatable bonds is 5. The lowest BCUT2D eigenvalue weighted by Crippen LogP contribution is -2.12. The lowest BCUT2D eigenvalue weighted by Gasteiger charge is -2.08. The van der Waals surface area contributed by atoms with E-state index in [0.29, 0.717) is 18.7 Å². The number of nitrogens with one attached hydrogen (secondary N) is 1. The Labute approximate surface area is 122 Å². The van der Waals surface area contributed by atoms with Crippen LogP contribution in [-0.4, -0.2) is 18.4 Å². The number of benzene rings is 1. The summed E-state index contributed by atoms with van der Waals surface area (Å²) in [5.74, 6) is -0.349. The SMILES string of the molecule is CCc1ncnc(NCc2ccc(S(N)(=O)=O)cc2)c1F. The summed E-state index contributed by atoms with van der Waals surface area (Å²) in [5, 5.41) is 7.87. The number of halogens is 1. The zero-order valence-corrected chi connectivity index (χ0v) is 12.2. The van der Waals surface area contributed by atoms with Crippen molar-refractivity contribution in [1.29, 1.82) is 0 Å². The molecule has 0 aliphatic carbocycles. The van der Waals surface area contributed by atoms with E-state index in [1.807, 2.05) is 0 Å². The average molecular weight is 310 g/mol. The molecular weight excluding hydrogens is 295 g/mol. The van der Waals surface area contributed by atoms with Gasteiger partial charge in [0.1, 0.15) is 6.33 Å². The van der Waals surface area contributed by atoms with Gasteiger partial charge in [-0.25, -0.2) is 27.9 Å². The van der Waals surface area contributed by atoms with Crippen molar-refractivity contribution in [2.75, 3.05) is 5.32 Å². The molecule has 0 spiro atoms. The van der Waals surface area contributed by atoms with Crippen molar-refractivity contribution in [2.24, 2.45) is 5.14 Å². The Morgan fingerprint density at radius 1 is 1.24 bits per heavy atom. The molecule has 3 N–H and O–H groups in total. The van der Waals surface area contributed by atoms with Crippen molar-refractivity contribution in [2.45, 2.75) is 24.8 Å². The van der Waals surface area contributed by atoms with Crippen LogP contribution in [-0.2, 0) is 23.0 Å². The fraction of sp³-hybridized carbons (Fsp3) is 0.231. The summed E-state index contributed by atoms with van der Waals surface area (Å²) in [5.41, 5.74) is 1.12. The van der Waals surface area contributed by atoms with E-state index >= 15 is 0 Å². The molecular formula is C13H15FN4O2S. The number of aromatic nitrogens is 2. The molecule has 0 aliphatic rings. The standard InChI is InChI=1S/C13H15FN4O2S/c1-2-11-12(14)13(18-8-17-11)16-7-9-3-5-10(6-4-9)21(15,19)20/h3-6,8H,2,7H2,1H3,(H2,15,19,20)(H,16,17,18). The Balaban J connectivity index is 2.10. The van der Waals surface area contributed by atoms with Gasteiger partial charge in [0.25, 0.3) is 0 Å². The molecule has 0 radical (unpaired) electrons. The van der Waals surface area contributed by atoms with Crippen LogP contribution in [0.15, 0.2) is 35.5 Å². The zero-order chi connectivity index (χ0) is 15.5. The number of nitrogens with two attached hydrogens (primary N) is 1. The summed E-state index contributed by atoms with van der Waals surface area (Å²) >= 11 is 0. The highest BCUT2D eigenvalue weighted by Crippen LogP contribution is 2.15. The van der Waals surface area contributed by atoms with Crippen LogP contribution >= 0.6 is 0 Å². The van der Waals surface area contributed by atoms with Crippen molar-refractivity contribution < 1.29 is 12.8 Å². The third-order valence-electron chi connectivity index (χ3n) is 2.91. The molecule has 1 heterocycles. The molecule has 0 fully saturated rings. The maximum absolute atomic E-state index is 13.9. The van der Waals surface area contributed by atoms with E-state index in [1.165, 1.54) is 18.5 Å². The smallest absolute Gasteiger partial charge is 0.238 e. The van der Waals surface area contributed by atoms with Gasteiger partial charge >= 0.3 is 0 Å². The Morgan fingerprint density at radius 3 is 2.48 bits per heavy atom. The molecule has 0 saturated heterocycles. The predicted octanol–water partition coefficient (Wildman–Crippen LogP) is 1.44. The number of sulfonamides is 1. The maximum atomic E-state index is 13.9. The van der Waals surface area contributed by atoms with Crippen LogP contribution in [0.1, 0.15) is 18.2 Å². The third-order valence-corrected chi connectivity index (χ3v) is 3.84. The minimum Gasteiger partial charge on any atom is -0.363 e. The van der Waals surface area contributed by atoms with Gasteiger partial charge in [-0.2, -0.15) is 0 Å². The van der Waals surface area contributed by atoms with Crippen LogP contribution in [0.4, 0.5) is 10.2 Å². The third kappa shape index (κ3) is 3.73. The van der Waals surface area contributed by atoms with Crippen molar-refractivity contribution in [3.8, 4) is 0 Å². The molecule has 21 heavy (non-hydrogen) atoms. The second-order valence-electron chi connectivity index (χ2n) is 4.38. The fourth-order valence-electron chi connectivity index (χ4n) is 1.76. The number of primary sulfonamides is 1. The summed E-state index contributed by atoms with van der Waals surface area (Å²) in [6, 6.07) is 6.01. The molecule has 6 nitrogen and oxygen atoms in total. The van der Waals surface area contributed by atoms with Crippen LogP contribution in [0.3, 0.4) is 0 Å². The zero-order valence-electron chi connectivity index (χ0n) is 11.4. The van der Waals surface area contributed by atoms with E-state index in [0.717, 1.165) is 5.56 Å². The lowest BCUT2D eigenvalue weighted by atomic mass is 10.2. The van der Waals surface area contributed by atoms with Crippen LogP contribution < -0.4 is 10.5 Å². The first-order chi connectivity index (χ1) is 9.91. The van der Waals surface area contributed by atoms with E-state index in [2.05, 4.69) is 15.3 Å². The number of hydrogen-bond donors (Lipinski definition) is 2. The van der Waals surface area contributed by atoms with Gasteiger partial charge in [0.2, 0.25) is 10.0 Å². The van der Waals surface area contributed by atoms with Crippen LogP contribution in [0.25, 0.3) is 0 Å². The van der Waals surface area contributed by atoms with E-state index in [-0.39, 0.29) is 10.7 Å². The first kappa shape index (κ1) is 15.3. The van der Waals surface area contributed by atoms with E-state index in [1.54, 1.807) is 19.1 Å². The van der Waals surface area contributed by atoms with Gasteiger partial charge < -0.3 is 5.32 Å². The molecule has 0 amide bonds. The highest BCUT2D eigenvalue weighted by molar-refractivity contribution is 7.89. The van der Waals surface area contributed by atoms with Gasteiger partial charge in [-0.1, -0.05) is 19.1 Å². The molecule has 0 atom stereocenters. The Bertz CT molecular complexity index is 732. The highest BCUT2D eigenvalue weighted by Gasteiger charge is 2.10. The number of aryl methyl sites for hydroxylation is 1. The molecule has 0 aliphatic heterocycles. The van der Waals surface area contributed by atoms with Gasteiger partial charge in [0.05, 0.1) is 10.6 Å². The van der Waals surface area contributed by atoms with E-state index in [4.69, 9.17) is 5.14 Å². The summed E-state index contributed by atoms with van der Waals surface area (Å²) in [4.78, 5) is 7.72. The van der Waals surface area contributed by atoms with Gasteiger partial charge in [-0.15, -0.1) is 0 Å². The largest absolute Gasteiger partial charge is 0.363 e. The second-order valence-corrected chi connectivity index (χ2v) is 5.94. The molecule has 0 saturated carbocycles. The summed E-state index contributed by atoms with van der Waals surface area (Å²) in [6.45, 7) is 2.11. The van der Waals surface area contributed by atoms with Gasteiger partial charge in [-0.3, -0.25) is 0 Å². The monoisotopic (exact) mass is 310 g/mol. The van der Waals surface area contributed by atoms with Gasteiger partial charge in [0.15, 0.2) is 11.6 Å². The average Bonchev–Trinajstić information content (AvgIpc) is 2.46. The minimum absolute atomic E-state index is 0.0349. The van der Waals surface area contributed by atoms with Crippen molar-refractivity contribution in [3.63, 3.8) is 0 Å². The maximum Gasteiger partial charge on any atom is 0.238 e. The van der Waals surface area contributed by atoms with E-state index < -0.39 is 15.8 Å². The van der Waals surface area contributed by atoms with Crippen LogP contribution in [0.5, 0.6) is 0 Å².